The van der Waals surface area contributed by atoms with Crippen molar-refractivity contribution in [2.45, 2.75) is 45.6 Å². The highest BCUT2D eigenvalue weighted by Gasteiger charge is 2.43. The molecule has 1 aromatic heterocycles. The first-order valence-electron chi connectivity index (χ1n) is 10.5. The summed E-state index contributed by atoms with van der Waals surface area (Å²) in [5.74, 6) is -0.172. The van der Waals surface area contributed by atoms with Gasteiger partial charge in [-0.15, -0.1) is 0 Å². The molecule has 2 fully saturated rings. The Morgan fingerprint density at radius 2 is 1.87 bits per heavy atom. The van der Waals surface area contributed by atoms with Gasteiger partial charge < -0.3 is 19.3 Å². The van der Waals surface area contributed by atoms with Crippen LogP contribution in [0.5, 0.6) is 5.75 Å². The van der Waals surface area contributed by atoms with Crippen molar-refractivity contribution < 1.29 is 18.7 Å². The molecule has 2 aliphatic rings. The van der Waals surface area contributed by atoms with E-state index in [0.717, 1.165) is 62.0 Å². The summed E-state index contributed by atoms with van der Waals surface area (Å²) in [5.41, 5.74) is 1.39. The molecule has 1 amide bonds. The van der Waals surface area contributed by atoms with E-state index in [0.29, 0.717) is 0 Å². The number of amides is 1. The molecule has 0 atom stereocenters. The molecule has 0 unspecified atom stereocenters. The molecular formula is C23H30FN3O3. The van der Waals surface area contributed by atoms with Crippen molar-refractivity contribution in [1.29, 1.82) is 0 Å². The van der Waals surface area contributed by atoms with Crippen LogP contribution in [0.2, 0.25) is 0 Å². The first-order valence-corrected chi connectivity index (χ1v) is 10.5. The largest absolute Gasteiger partial charge is 0.494 e. The maximum atomic E-state index is 14.3. The number of carbonyl (C=O) groups excluding carboxylic acids is 1. The monoisotopic (exact) mass is 415 g/mol. The fourth-order valence-electron chi connectivity index (χ4n) is 4.61. The molecule has 7 heteroatoms. The van der Waals surface area contributed by atoms with E-state index in [9.17, 15) is 9.18 Å². The molecule has 30 heavy (non-hydrogen) atoms. The maximum Gasteiger partial charge on any atom is 0.410 e. The SMILES string of the molecule is COc1cc2nccc(N3CCC4(CCN(C(=O)OC(C)(C)C)C4)CC3)c2cc1F. The molecule has 0 radical (unpaired) electrons. The number of aromatic nitrogens is 1. The molecule has 4 rings (SSSR count). The molecule has 0 N–H and O–H groups in total. The van der Waals surface area contributed by atoms with E-state index < -0.39 is 5.60 Å². The first-order chi connectivity index (χ1) is 14.2. The van der Waals surface area contributed by atoms with E-state index >= 15 is 0 Å². The summed E-state index contributed by atoms with van der Waals surface area (Å²) in [7, 11) is 1.46. The Kier molecular flexibility index (Phi) is 5.24. The van der Waals surface area contributed by atoms with Crippen LogP contribution in [0.4, 0.5) is 14.9 Å². The summed E-state index contributed by atoms with van der Waals surface area (Å²) in [6.45, 7) is 8.92. The van der Waals surface area contributed by atoms with Gasteiger partial charge in [-0.05, 0) is 57.6 Å². The summed E-state index contributed by atoms with van der Waals surface area (Å²) >= 11 is 0. The second-order valence-electron chi connectivity index (χ2n) is 9.47. The minimum absolute atomic E-state index is 0.144. The maximum absolute atomic E-state index is 14.3. The highest BCUT2D eigenvalue weighted by Crippen LogP contribution is 2.42. The van der Waals surface area contributed by atoms with Gasteiger partial charge in [-0.1, -0.05) is 0 Å². The molecule has 3 heterocycles. The summed E-state index contributed by atoms with van der Waals surface area (Å²) in [4.78, 5) is 21.0. The predicted octanol–water partition coefficient (Wildman–Crippen LogP) is 4.61. The minimum atomic E-state index is -0.476. The zero-order valence-electron chi connectivity index (χ0n) is 18.2. The van der Waals surface area contributed by atoms with Gasteiger partial charge in [0, 0.05) is 49.5 Å². The molecule has 0 saturated carbocycles. The number of methoxy groups -OCH3 is 1. The second-order valence-corrected chi connectivity index (χ2v) is 9.47. The zero-order chi connectivity index (χ0) is 21.5. The Morgan fingerprint density at radius 3 is 2.53 bits per heavy atom. The Balaban J connectivity index is 1.47. The number of benzene rings is 1. The van der Waals surface area contributed by atoms with E-state index in [-0.39, 0.29) is 23.1 Å². The molecule has 0 aliphatic carbocycles. The van der Waals surface area contributed by atoms with Gasteiger partial charge in [0.2, 0.25) is 0 Å². The van der Waals surface area contributed by atoms with E-state index in [1.807, 2.05) is 31.7 Å². The average molecular weight is 416 g/mol. The third-order valence-corrected chi connectivity index (χ3v) is 6.25. The number of anilines is 1. The number of hydrogen-bond donors (Lipinski definition) is 0. The van der Waals surface area contributed by atoms with Crippen LogP contribution < -0.4 is 9.64 Å². The van der Waals surface area contributed by atoms with Crippen LogP contribution in [0, 0.1) is 11.2 Å². The van der Waals surface area contributed by atoms with Crippen LogP contribution >= 0.6 is 0 Å². The van der Waals surface area contributed by atoms with Gasteiger partial charge in [-0.25, -0.2) is 9.18 Å². The van der Waals surface area contributed by atoms with Crippen LogP contribution in [0.3, 0.4) is 0 Å². The standard InChI is InChI=1S/C23H30FN3O3/c1-22(2,3)30-21(28)27-12-8-23(15-27)6-10-26(11-7-23)19-5-9-25-18-14-20(29-4)17(24)13-16(18)19/h5,9,13-14H,6-8,10-12,15H2,1-4H3. The fourth-order valence-corrected chi connectivity index (χ4v) is 4.61. The topological polar surface area (TPSA) is 54.9 Å². The Labute approximate surface area is 177 Å². The smallest absolute Gasteiger partial charge is 0.410 e. The van der Waals surface area contributed by atoms with Crippen molar-refractivity contribution in [2.75, 3.05) is 38.2 Å². The lowest BCUT2D eigenvalue weighted by molar-refractivity contribution is 0.0266. The number of halogens is 1. The van der Waals surface area contributed by atoms with E-state index in [4.69, 9.17) is 9.47 Å². The summed E-state index contributed by atoms with van der Waals surface area (Å²) in [5, 5.41) is 0.800. The minimum Gasteiger partial charge on any atom is -0.494 e. The van der Waals surface area contributed by atoms with Gasteiger partial charge >= 0.3 is 6.09 Å². The van der Waals surface area contributed by atoms with Crippen molar-refractivity contribution in [3.63, 3.8) is 0 Å². The molecule has 162 valence electrons. The number of nitrogens with zero attached hydrogens (tertiary/aromatic N) is 3. The predicted molar refractivity (Wildman–Crippen MR) is 115 cm³/mol. The number of ether oxygens (including phenoxy) is 2. The summed E-state index contributed by atoms with van der Waals surface area (Å²) < 4.78 is 25.0. The van der Waals surface area contributed by atoms with Gasteiger partial charge in [0.25, 0.3) is 0 Å². The Bertz CT molecular complexity index is 949. The number of piperidine rings is 1. The molecule has 2 aromatic rings. The van der Waals surface area contributed by atoms with E-state index in [1.54, 1.807) is 12.3 Å². The fraction of sp³-hybridized carbons (Fsp3) is 0.565. The Morgan fingerprint density at radius 1 is 1.17 bits per heavy atom. The summed E-state index contributed by atoms with van der Waals surface area (Å²) in [6.07, 6.45) is 4.54. The van der Waals surface area contributed by atoms with Crippen LogP contribution in [-0.4, -0.2) is 54.9 Å². The molecular weight excluding hydrogens is 385 g/mol. The lowest BCUT2D eigenvalue weighted by atomic mass is 9.77. The number of likely N-dealkylation sites (tertiary alicyclic amines) is 1. The number of hydrogen-bond acceptors (Lipinski definition) is 5. The van der Waals surface area contributed by atoms with Crippen LogP contribution in [0.15, 0.2) is 24.4 Å². The molecule has 0 bridgehead atoms. The molecule has 1 spiro atoms. The number of fused-ring (bicyclic) bond motifs is 1. The van der Waals surface area contributed by atoms with Gasteiger partial charge in [-0.2, -0.15) is 0 Å². The number of rotatable bonds is 2. The second kappa shape index (κ2) is 7.60. The molecule has 6 nitrogen and oxygen atoms in total. The van der Waals surface area contributed by atoms with Crippen molar-refractivity contribution in [2.24, 2.45) is 5.41 Å². The van der Waals surface area contributed by atoms with Crippen molar-refractivity contribution in [3.8, 4) is 5.75 Å². The van der Waals surface area contributed by atoms with Crippen LogP contribution in [0.1, 0.15) is 40.0 Å². The molecule has 2 saturated heterocycles. The summed E-state index contributed by atoms with van der Waals surface area (Å²) in [6, 6.07) is 5.11. The molecule has 1 aromatic carbocycles. The first kappa shape index (κ1) is 20.7. The van der Waals surface area contributed by atoms with Gasteiger partial charge in [0.15, 0.2) is 11.6 Å². The van der Waals surface area contributed by atoms with Crippen LogP contribution in [0.25, 0.3) is 10.9 Å². The number of carbonyl (C=O) groups is 1. The number of pyridine rings is 1. The van der Waals surface area contributed by atoms with Crippen molar-refractivity contribution >= 4 is 22.7 Å². The van der Waals surface area contributed by atoms with Crippen molar-refractivity contribution in [1.82, 2.24) is 9.88 Å². The average Bonchev–Trinajstić information content (AvgIpc) is 3.10. The van der Waals surface area contributed by atoms with E-state index in [2.05, 4.69) is 9.88 Å². The van der Waals surface area contributed by atoms with Gasteiger partial charge in [0.1, 0.15) is 5.60 Å². The molecule has 2 aliphatic heterocycles. The van der Waals surface area contributed by atoms with Crippen LogP contribution in [-0.2, 0) is 4.74 Å². The quantitative estimate of drug-likeness (QED) is 0.717. The zero-order valence-corrected chi connectivity index (χ0v) is 18.2. The van der Waals surface area contributed by atoms with Crippen molar-refractivity contribution in [3.05, 3.63) is 30.2 Å². The third-order valence-electron chi connectivity index (χ3n) is 6.25. The third kappa shape index (κ3) is 4.02. The van der Waals surface area contributed by atoms with E-state index in [1.165, 1.54) is 13.2 Å². The lowest BCUT2D eigenvalue weighted by Gasteiger charge is -2.40. The highest BCUT2D eigenvalue weighted by molar-refractivity contribution is 5.92. The Hall–Kier alpha value is -2.57. The lowest BCUT2D eigenvalue weighted by Crippen LogP contribution is -2.43. The normalized spacial score (nSPS) is 18.8. The van der Waals surface area contributed by atoms with Gasteiger partial charge in [-0.3, -0.25) is 4.98 Å². The highest BCUT2D eigenvalue weighted by atomic mass is 19.1. The van der Waals surface area contributed by atoms with Gasteiger partial charge in [0.05, 0.1) is 12.6 Å².